The van der Waals surface area contributed by atoms with E-state index in [4.69, 9.17) is 4.74 Å². The van der Waals surface area contributed by atoms with Crippen LogP contribution in [0.25, 0.3) is 0 Å². The molecule has 0 aromatic heterocycles. The molecule has 1 N–H and O–H groups in total. The third kappa shape index (κ3) is 5.95. The number of para-hydroxylation sites is 1. The van der Waals surface area contributed by atoms with Crippen molar-refractivity contribution in [2.45, 2.75) is 26.2 Å². The molecule has 1 aromatic rings. The largest absolute Gasteiger partial charge is 0.493 e. The zero-order chi connectivity index (χ0) is 21.3. The van der Waals surface area contributed by atoms with E-state index in [1.54, 1.807) is 23.1 Å². The molecule has 2 fully saturated rings. The van der Waals surface area contributed by atoms with Crippen LogP contribution in [0.15, 0.2) is 24.3 Å². The fourth-order valence-corrected chi connectivity index (χ4v) is 3.89. The summed E-state index contributed by atoms with van der Waals surface area (Å²) in [6, 6.07) is 7.00. The summed E-state index contributed by atoms with van der Waals surface area (Å²) < 4.78 is 5.48. The lowest BCUT2D eigenvalue weighted by atomic mass is 10.1. The minimum atomic E-state index is -0.321. The first kappa shape index (κ1) is 22.1. The second-order valence-electron chi connectivity index (χ2n) is 7.71. The van der Waals surface area contributed by atoms with Gasteiger partial charge in [-0.1, -0.05) is 12.1 Å². The molecule has 0 bridgehead atoms. The molecule has 8 heteroatoms. The molecule has 3 amide bonds. The normalized spacial score (nSPS) is 17.5. The van der Waals surface area contributed by atoms with Gasteiger partial charge in [0, 0.05) is 39.3 Å². The Morgan fingerprint density at radius 3 is 2.27 bits per heavy atom. The molecule has 0 saturated carbocycles. The fraction of sp³-hybridized carbons (Fsp3) is 0.591. The first-order valence-electron chi connectivity index (χ1n) is 10.9. The predicted octanol–water partition coefficient (Wildman–Crippen LogP) is 0.972. The Morgan fingerprint density at radius 2 is 1.57 bits per heavy atom. The lowest BCUT2D eigenvalue weighted by Gasteiger charge is -2.36. The molecule has 2 saturated heterocycles. The summed E-state index contributed by atoms with van der Waals surface area (Å²) in [7, 11) is 0. The van der Waals surface area contributed by atoms with E-state index in [1.807, 2.05) is 17.9 Å². The smallest absolute Gasteiger partial charge is 0.255 e. The van der Waals surface area contributed by atoms with Crippen molar-refractivity contribution >= 4 is 17.7 Å². The van der Waals surface area contributed by atoms with Crippen molar-refractivity contribution in [3.05, 3.63) is 29.8 Å². The molecule has 3 rings (SSSR count). The molecular formula is C22H32N4O4. The standard InChI is InChI=1S/C22H32N4O4/c1-2-30-19-9-5-4-8-18(19)22(29)23-16-20(27)26-14-12-24(13-15-26)17-21(28)25-10-6-3-7-11-25/h4-5,8-9H,2-3,6-7,10-17H2,1H3,(H,23,29). The van der Waals surface area contributed by atoms with Crippen LogP contribution in [0.4, 0.5) is 0 Å². The number of carbonyl (C=O) groups excluding carboxylic acids is 3. The maximum atomic E-state index is 12.5. The number of benzene rings is 1. The zero-order valence-electron chi connectivity index (χ0n) is 17.8. The van der Waals surface area contributed by atoms with Gasteiger partial charge in [0.25, 0.3) is 5.91 Å². The van der Waals surface area contributed by atoms with Crippen LogP contribution in [0, 0.1) is 0 Å². The number of nitrogens with zero attached hydrogens (tertiary/aromatic N) is 3. The molecule has 0 spiro atoms. The summed E-state index contributed by atoms with van der Waals surface area (Å²) in [6.45, 7) is 6.91. The number of ether oxygens (including phenoxy) is 1. The Hall–Kier alpha value is -2.61. The maximum Gasteiger partial charge on any atom is 0.255 e. The molecule has 2 aliphatic rings. The highest BCUT2D eigenvalue weighted by atomic mass is 16.5. The quantitative estimate of drug-likeness (QED) is 0.716. The predicted molar refractivity (Wildman–Crippen MR) is 113 cm³/mol. The summed E-state index contributed by atoms with van der Waals surface area (Å²) in [5.74, 6) is 0.268. The summed E-state index contributed by atoms with van der Waals surface area (Å²) in [4.78, 5) is 43.2. The number of hydrogen-bond acceptors (Lipinski definition) is 5. The Labute approximate surface area is 178 Å². The van der Waals surface area contributed by atoms with Crippen molar-refractivity contribution in [3.63, 3.8) is 0 Å². The average Bonchev–Trinajstić information content (AvgIpc) is 2.79. The first-order valence-corrected chi connectivity index (χ1v) is 10.9. The number of rotatable bonds is 7. The van der Waals surface area contributed by atoms with Crippen LogP contribution in [0.3, 0.4) is 0 Å². The van der Waals surface area contributed by atoms with Gasteiger partial charge in [0.05, 0.1) is 25.3 Å². The lowest BCUT2D eigenvalue weighted by Crippen LogP contribution is -2.53. The Balaban J connectivity index is 1.41. The maximum absolute atomic E-state index is 12.5. The van der Waals surface area contributed by atoms with Crippen LogP contribution >= 0.6 is 0 Å². The van der Waals surface area contributed by atoms with Crippen LogP contribution in [0.1, 0.15) is 36.5 Å². The van der Waals surface area contributed by atoms with Crippen LogP contribution in [0.5, 0.6) is 5.75 Å². The summed E-state index contributed by atoms with van der Waals surface area (Å²) in [5.41, 5.74) is 0.424. The van der Waals surface area contributed by atoms with Crippen molar-refractivity contribution in [3.8, 4) is 5.75 Å². The molecule has 2 heterocycles. The minimum absolute atomic E-state index is 0.0496. The van der Waals surface area contributed by atoms with E-state index in [0.29, 0.717) is 50.6 Å². The third-order valence-corrected chi connectivity index (χ3v) is 5.62. The molecule has 0 unspecified atom stereocenters. The van der Waals surface area contributed by atoms with Gasteiger partial charge in [-0.3, -0.25) is 19.3 Å². The van der Waals surface area contributed by atoms with E-state index in [9.17, 15) is 14.4 Å². The molecule has 2 aliphatic heterocycles. The van der Waals surface area contributed by atoms with Crippen molar-refractivity contribution in [1.82, 2.24) is 20.0 Å². The van der Waals surface area contributed by atoms with Crippen molar-refractivity contribution < 1.29 is 19.1 Å². The van der Waals surface area contributed by atoms with Crippen LogP contribution in [-0.2, 0) is 9.59 Å². The molecule has 0 aliphatic carbocycles. The topological polar surface area (TPSA) is 82.2 Å². The van der Waals surface area contributed by atoms with E-state index < -0.39 is 0 Å². The van der Waals surface area contributed by atoms with Gasteiger partial charge < -0.3 is 19.9 Å². The molecular weight excluding hydrogens is 384 g/mol. The molecule has 0 radical (unpaired) electrons. The Kier molecular flexibility index (Phi) is 8.07. The van der Waals surface area contributed by atoms with Gasteiger partial charge in [0.1, 0.15) is 5.75 Å². The van der Waals surface area contributed by atoms with Gasteiger partial charge in [-0.15, -0.1) is 0 Å². The number of piperidine rings is 1. The minimum Gasteiger partial charge on any atom is -0.493 e. The molecule has 8 nitrogen and oxygen atoms in total. The van der Waals surface area contributed by atoms with Gasteiger partial charge in [0.15, 0.2) is 0 Å². The number of nitrogens with one attached hydrogen (secondary N) is 1. The highest BCUT2D eigenvalue weighted by Crippen LogP contribution is 2.17. The molecule has 164 valence electrons. The lowest BCUT2D eigenvalue weighted by molar-refractivity contribution is -0.135. The summed E-state index contributed by atoms with van der Waals surface area (Å²) >= 11 is 0. The van der Waals surface area contributed by atoms with Gasteiger partial charge >= 0.3 is 0 Å². The van der Waals surface area contributed by atoms with Crippen LogP contribution < -0.4 is 10.1 Å². The highest BCUT2D eigenvalue weighted by Gasteiger charge is 2.25. The van der Waals surface area contributed by atoms with Gasteiger partial charge in [-0.25, -0.2) is 0 Å². The summed E-state index contributed by atoms with van der Waals surface area (Å²) in [5, 5.41) is 2.70. The van der Waals surface area contributed by atoms with Gasteiger partial charge in [0.2, 0.25) is 11.8 Å². The fourth-order valence-electron chi connectivity index (χ4n) is 3.89. The number of likely N-dealkylation sites (tertiary alicyclic amines) is 1. The third-order valence-electron chi connectivity index (χ3n) is 5.62. The molecule has 0 atom stereocenters. The van der Waals surface area contributed by atoms with Crippen molar-refractivity contribution in [2.24, 2.45) is 0 Å². The van der Waals surface area contributed by atoms with Crippen molar-refractivity contribution in [2.75, 3.05) is 59.0 Å². The number of amides is 3. The van der Waals surface area contributed by atoms with E-state index in [0.717, 1.165) is 25.9 Å². The van der Waals surface area contributed by atoms with E-state index in [-0.39, 0.29) is 24.3 Å². The number of carbonyl (C=O) groups is 3. The van der Waals surface area contributed by atoms with Crippen LogP contribution in [0.2, 0.25) is 0 Å². The van der Waals surface area contributed by atoms with Gasteiger partial charge in [-0.2, -0.15) is 0 Å². The van der Waals surface area contributed by atoms with Gasteiger partial charge in [-0.05, 0) is 38.3 Å². The van der Waals surface area contributed by atoms with E-state index in [1.165, 1.54) is 6.42 Å². The Morgan fingerprint density at radius 1 is 0.900 bits per heavy atom. The number of hydrogen-bond donors (Lipinski definition) is 1. The second-order valence-corrected chi connectivity index (χ2v) is 7.71. The second kappa shape index (κ2) is 11.0. The van der Waals surface area contributed by atoms with E-state index in [2.05, 4.69) is 10.2 Å². The average molecular weight is 417 g/mol. The van der Waals surface area contributed by atoms with E-state index >= 15 is 0 Å². The summed E-state index contributed by atoms with van der Waals surface area (Å²) in [6.07, 6.45) is 3.39. The number of piperazine rings is 1. The highest BCUT2D eigenvalue weighted by molar-refractivity contribution is 5.98. The Bertz CT molecular complexity index is 740. The monoisotopic (exact) mass is 416 g/mol. The molecule has 30 heavy (non-hydrogen) atoms. The first-order chi connectivity index (χ1) is 14.6. The van der Waals surface area contributed by atoms with Crippen molar-refractivity contribution in [1.29, 1.82) is 0 Å². The molecule has 1 aromatic carbocycles. The zero-order valence-corrected chi connectivity index (χ0v) is 17.8. The van der Waals surface area contributed by atoms with Crippen LogP contribution in [-0.4, -0.2) is 91.4 Å². The SMILES string of the molecule is CCOc1ccccc1C(=O)NCC(=O)N1CCN(CC(=O)N2CCCCC2)CC1.